The first-order chi connectivity index (χ1) is 17.0. The summed E-state index contributed by atoms with van der Waals surface area (Å²) in [6.07, 6.45) is 1.91. The third kappa shape index (κ3) is 5.65. The smallest absolute Gasteiger partial charge is 0.407 e. The highest BCUT2D eigenvalue weighted by molar-refractivity contribution is 5.86. The fourth-order valence-electron chi connectivity index (χ4n) is 5.04. The van der Waals surface area contributed by atoms with Gasteiger partial charge in [0.05, 0.1) is 5.92 Å². The number of fused-ring (bicyclic) bond motifs is 3. The molecule has 0 saturated heterocycles. The molecule has 0 aliphatic heterocycles. The lowest BCUT2D eigenvalue weighted by atomic mass is 9.85. The molecule has 2 aliphatic rings. The van der Waals surface area contributed by atoms with E-state index in [0.29, 0.717) is 19.3 Å². The largest absolute Gasteiger partial charge is 0.481 e. The van der Waals surface area contributed by atoms with Crippen LogP contribution in [0.25, 0.3) is 11.1 Å². The molecule has 182 valence electrons. The zero-order chi connectivity index (χ0) is 24.8. The Kier molecular flexibility index (Phi) is 7.71. The normalized spacial score (nSPS) is 19.3. The van der Waals surface area contributed by atoms with E-state index in [-0.39, 0.29) is 30.9 Å². The number of carbonyl (C=O) groups is 3. The summed E-state index contributed by atoms with van der Waals surface area (Å²) in [7, 11) is 0. The van der Waals surface area contributed by atoms with Gasteiger partial charge in [0.1, 0.15) is 12.6 Å². The molecular weight excluding hydrogens is 444 g/mol. The van der Waals surface area contributed by atoms with Crippen LogP contribution in [0.3, 0.4) is 0 Å². The van der Waals surface area contributed by atoms with Crippen LogP contribution in [0.5, 0.6) is 0 Å². The van der Waals surface area contributed by atoms with Crippen LogP contribution in [0.2, 0.25) is 0 Å². The van der Waals surface area contributed by atoms with Gasteiger partial charge in [0, 0.05) is 18.4 Å². The number of carboxylic acids is 1. The quantitative estimate of drug-likeness (QED) is 0.525. The molecule has 1 fully saturated rings. The topological polar surface area (TPSA) is 105 Å². The number of hydrogen-bond acceptors (Lipinski definition) is 4. The molecule has 3 N–H and O–H groups in total. The Bertz CT molecular complexity index is 1120. The average molecular weight is 475 g/mol. The second-order valence-electron chi connectivity index (χ2n) is 9.06. The highest BCUT2D eigenvalue weighted by atomic mass is 16.5. The van der Waals surface area contributed by atoms with Crippen molar-refractivity contribution in [3.63, 3.8) is 0 Å². The molecule has 7 nitrogen and oxygen atoms in total. The highest BCUT2D eigenvalue weighted by Gasteiger charge is 2.31. The molecule has 0 aromatic heterocycles. The van der Waals surface area contributed by atoms with Gasteiger partial charge >= 0.3 is 12.1 Å². The van der Waals surface area contributed by atoms with Gasteiger partial charge in [-0.3, -0.25) is 9.59 Å². The molecule has 0 heterocycles. The Hall–Kier alpha value is -3.79. The molecule has 2 amide bonds. The maximum Gasteiger partial charge on any atom is 0.407 e. The molecule has 3 unspecified atom stereocenters. The first kappa shape index (κ1) is 24.3. The summed E-state index contributed by atoms with van der Waals surface area (Å²) >= 11 is 0. The van der Waals surface area contributed by atoms with E-state index in [9.17, 15) is 19.5 Å². The molecule has 2 aromatic carbocycles. The number of nitrogens with one attached hydrogen (secondary N) is 2. The summed E-state index contributed by atoms with van der Waals surface area (Å²) in [5, 5.41) is 14.9. The molecule has 0 bridgehead atoms. The highest BCUT2D eigenvalue weighted by Crippen LogP contribution is 2.44. The van der Waals surface area contributed by atoms with Crippen LogP contribution in [0, 0.1) is 17.8 Å². The minimum Gasteiger partial charge on any atom is -0.481 e. The molecule has 35 heavy (non-hydrogen) atoms. The first-order valence-corrected chi connectivity index (χ1v) is 12.0. The lowest BCUT2D eigenvalue weighted by molar-refractivity contribution is -0.143. The van der Waals surface area contributed by atoms with Crippen LogP contribution in [0.1, 0.15) is 56.1 Å². The van der Waals surface area contributed by atoms with E-state index in [1.165, 1.54) is 0 Å². The number of benzene rings is 2. The molecule has 2 aliphatic carbocycles. The Morgan fingerprint density at radius 2 is 1.71 bits per heavy atom. The number of alkyl carbamates (subject to hydrolysis) is 1. The molecule has 4 rings (SSSR count). The Balaban J connectivity index is 1.38. The van der Waals surface area contributed by atoms with Crippen molar-refractivity contribution >= 4 is 18.0 Å². The van der Waals surface area contributed by atoms with Crippen molar-refractivity contribution in [2.75, 3.05) is 6.61 Å². The number of carboxylic acid groups (broad SMARTS) is 1. The Morgan fingerprint density at radius 3 is 2.34 bits per heavy atom. The van der Waals surface area contributed by atoms with Crippen molar-refractivity contribution in [3.8, 4) is 23.0 Å². The molecule has 1 saturated carbocycles. The fraction of sp³-hybridized carbons (Fsp3) is 0.393. The van der Waals surface area contributed by atoms with Gasteiger partial charge in [0.15, 0.2) is 0 Å². The lowest BCUT2D eigenvalue weighted by Gasteiger charge is -2.28. The van der Waals surface area contributed by atoms with Gasteiger partial charge in [-0.1, -0.05) is 55.0 Å². The van der Waals surface area contributed by atoms with E-state index < -0.39 is 24.0 Å². The van der Waals surface area contributed by atoms with E-state index >= 15 is 0 Å². The van der Waals surface area contributed by atoms with Crippen molar-refractivity contribution in [3.05, 3.63) is 59.7 Å². The van der Waals surface area contributed by atoms with Gasteiger partial charge in [-0.25, -0.2) is 4.79 Å². The average Bonchev–Trinajstić information content (AvgIpc) is 3.19. The molecule has 0 spiro atoms. The van der Waals surface area contributed by atoms with E-state index in [0.717, 1.165) is 28.7 Å². The number of rotatable bonds is 7. The van der Waals surface area contributed by atoms with Crippen molar-refractivity contribution < 1.29 is 24.2 Å². The van der Waals surface area contributed by atoms with Gasteiger partial charge in [-0.15, -0.1) is 11.8 Å². The summed E-state index contributed by atoms with van der Waals surface area (Å²) < 4.78 is 5.58. The monoisotopic (exact) mass is 474 g/mol. The van der Waals surface area contributed by atoms with Crippen LogP contribution in [-0.2, 0) is 14.3 Å². The van der Waals surface area contributed by atoms with Crippen LogP contribution in [0.15, 0.2) is 48.5 Å². The zero-order valence-electron chi connectivity index (χ0n) is 19.8. The maximum atomic E-state index is 12.9. The second-order valence-corrected chi connectivity index (χ2v) is 9.06. The van der Waals surface area contributed by atoms with Crippen molar-refractivity contribution in [1.82, 2.24) is 10.6 Å². The van der Waals surface area contributed by atoms with Gasteiger partial charge in [0.25, 0.3) is 0 Å². The molecular formula is C28H30N2O5. The van der Waals surface area contributed by atoms with E-state index in [1.54, 1.807) is 6.92 Å². The number of amides is 2. The van der Waals surface area contributed by atoms with E-state index in [1.807, 2.05) is 36.4 Å². The van der Waals surface area contributed by atoms with Crippen LogP contribution >= 0.6 is 0 Å². The maximum absolute atomic E-state index is 12.9. The lowest BCUT2D eigenvalue weighted by Crippen LogP contribution is -2.50. The van der Waals surface area contributed by atoms with E-state index in [4.69, 9.17) is 4.74 Å². The van der Waals surface area contributed by atoms with Gasteiger partial charge in [0.2, 0.25) is 5.91 Å². The van der Waals surface area contributed by atoms with Crippen LogP contribution in [0.4, 0.5) is 4.79 Å². The zero-order valence-corrected chi connectivity index (χ0v) is 19.8. The Morgan fingerprint density at radius 1 is 1.06 bits per heavy atom. The summed E-state index contributed by atoms with van der Waals surface area (Å²) in [5.74, 6) is 3.84. The summed E-state index contributed by atoms with van der Waals surface area (Å²) in [6.45, 7) is 1.82. The van der Waals surface area contributed by atoms with Gasteiger partial charge in [-0.2, -0.15) is 0 Å². The predicted molar refractivity (Wildman–Crippen MR) is 132 cm³/mol. The van der Waals surface area contributed by atoms with Crippen molar-refractivity contribution in [2.24, 2.45) is 5.92 Å². The van der Waals surface area contributed by atoms with Gasteiger partial charge in [-0.05, 0) is 48.4 Å². The predicted octanol–water partition coefficient (Wildman–Crippen LogP) is 4.07. The molecule has 7 heteroatoms. The standard InChI is InChI=1S/C28H30N2O5/c1-2-3-15-25(26(31)29-19-10-8-9-18(16-19)27(32)33)30-28(34)35-17-24-22-13-6-4-11-20(22)21-12-5-7-14-23(21)24/h4-7,11-14,18-19,24-25H,8-10,15-17H2,1H3,(H,29,31)(H,30,34)(H,32,33). The summed E-state index contributed by atoms with van der Waals surface area (Å²) in [4.78, 5) is 37.0. The van der Waals surface area contributed by atoms with Crippen molar-refractivity contribution in [2.45, 2.75) is 57.0 Å². The minimum atomic E-state index is -0.886. The summed E-state index contributed by atoms with van der Waals surface area (Å²) in [5.41, 5.74) is 4.50. The molecule has 0 radical (unpaired) electrons. The molecule has 2 aromatic rings. The second kappa shape index (κ2) is 11.1. The van der Waals surface area contributed by atoms with Crippen molar-refractivity contribution in [1.29, 1.82) is 0 Å². The third-order valence-corrected chi connectivity index (χ3v) is 6.81. The molecule has 3 atom stereocenters. The third-order valence-electron chi connectivity index (χ3n) is 6.81. The number of hydrogen-bond donors (Lipinski definition) is 3. The summed E-state index contributed by atoms with van der Waals surface area (Å²) in [6, 6.07) is 15.0. The van der Waals surface area contributed by atoms with Crippen LogP contribution in [-0.4, -0.2) is 41.8 Å². The number of aliphatic carboxylic acids is 1. The fourth-order valence-corrected chi connectivity index (χ4v) is 5.04. The van der Waals surface area contributed by atoms with Crippen LogP contribution < -0.4 is 10.6 Å². The minimum absolute atomic E-state index is 0.0777. The van der Waals surface area contributed by atoms with Gasteiger partial charge < -0.3 is 20.5 Å². The number of ether oxygens (including phenoxy) is 1. The SMILES string of the molecule is CC#CCC(NC(=O)OCC1c2ccccc2-c2ccccc21)C(=O)NC1CCCC(C(=O)O)C1. The first-order valence-electron chi connectivity index (χ1n) is 12.0. The Labute approximate surface area is 205 Å². The number of carbonyl (C=O) groups excluding carboxylic acids is 2. The van der Waals surface area contributed by atoms with E-state index in [2.05, 4.69) is 34.6 Å².